The molecule has 1 rings (SSSR count). The number of benzene rings is 1. The van der Waals surface area contributed by atoms with Gasteiger partial charge in [-0.1, -0.05) is 58.0 Å². The zero-order valence-electron chi connectivity index (χ0n) is 11.8. The molecule has 0 spiro atoms. The standard InChI is InChI=1S/C15H25NOS/c1-11(2)10-18(17)15(12(3)4)14(16)13-8-6-5-7-9-13/h5-9,11-12,14-15H,10,16H2,1-4H3. The fraction of sp³-hybridized carbons (Fsp3) is 0.600. The van der Waals surface area contributed by atoms with E-state index >= 15 is 0 Å². The van der Waals surface area contributed by atoms with Gasteiger partial charge in [-0.2, -0.15) is 0 Å². The Morgan fingerprint density at radius 2 is 1.67 bits per heavy atom. The van der Waals surface area contributed by atoms with E-state index in [9.17, 15) is 4.21 Å². The SMILES string of the molecule is CC(C)CS(=O)C(C(C)C)C(N)c1ccccc1. The predicted molar refractivity (Wildman–Crippen MR) is 79.8 cm³/mol. The molecule has 102 valence electrons. The third-order valence-corrected chi connectivity index (χ3v) is 5.44. The summed E-state index contributed by atoms with van der Waals surface area (Å²) in [6.45, 7) is 8.41. The van der Waals surface area contributed by atoms with E-state index in [2.05, 4.69) is 27.7 Å². The van der Waals surface area contributed by atoms with E-state index in [0.29, 0.717) is 11.8 Å². The smallest absolute Gasteiger partial charge is 0.0563 e. The van der Waals surface area contributed by atoms with Gasteiger partial charge in [-0.05, 0) is 17.4 Å². The summed E-state index contributed by atoms with van der Waals surface area (Å²) in [5.74, 6) is 1.48. The molecule has 0 radical (unpaired) electrons. The van der Waals surface area contributed by atoms with Crippen LogP contribution < -0.4 is 5.73 Å². The van der Waals surface area contributed by atoms with Crippen molar-refractivity contribution >= 4 is 10.8 Å². The highest BCUT2D eigenvalue weighted by atomic mass is 32.2. The Morgan fingerprint density at radius 3 is 2.11 bits per heavy atom. The molecule has 0 bridgehead atoms. The third-order valence-electron chi connectivity index (χ3n) is 3.00. The van der Waals surface area contributed by atoms with Crippen LogP contribution in [0.5, 0.6) is 0 Å². The molecule has 0 aliphatic rings. The average molecular weight is 267 g/mol. The number of hydrogen-bond donors (Lipinski definition) is 1. The van der Waals surface area contributed by atoms with Crippen LogP contribution in [-0.4, -0.2) is 15.2 Å². The molecule has 0 fully saturated rings. The van der Waals surface area contributed by atoms with Crippen molar-refractivity contribution in [3.05, 3.63) is 35.9 Å². The van der Waals surface area contributed by atoms with Gasteiger partial charge in [0.05, 0.1) is 5.25 Å². The maximum absolute atomic E-state index is 12.4. The van der Waals surface area contributed by atoms with E-state index < -0.39 is 10.8 Å². The first kappa shape index (κ1) is 15.4. The molecule has 3 atom stereocenters. The Kier molecular flexibility index (Phi) is 6.03. The zero-order chi connectivity index (χ0) is 13.7. The second-order valence-electron chi connectivity index (χ2n) is 5.59. The van der Waals surface area contributed by atoms with Crippen LogP contribution in [0.3, 0.4) is 0 Å². The summed E-state index contributed by atoms with van der Waals surface area (Å²) >= 11 is 0. The molecule has 2 nitrogen and oxygen atoms in total. The highest BCUT2D eigenvalue weighted by Crippen LogP contribution is 2.25. The van der Waals surface area contributed by atoms with Gasteiger partial charge >= 0.3 is 0 Å². The van der Waals surface area contributed by atoms with E-state index in [1.54, 1.807) is 0 Å². The van der Waals surface area contributed by atoms with Crippen molar-refractivity contribution in [2.45, 2.75) is 39.0 Å². The molecular weight excluding hydrogens is 242 g/mol. The lowest BCUT2D eigenvalue weighted by atomic mass is 9.97. The Balaban J connectivity index is 2.89. The third kappa shape index (κ3) is 4.21. The van der Waals surface area contributed by atoms with Crippen LogP contribution >= 0.6 is 0 Å². The molecule has 18 heavy (non-hydrogen) atoms. The number of rotatable bonds is 6. The minimum atomic E-state index is -0.874. The lowest BCUT2D eigenvalue weighted by molar-refractivity contribution is 0.507. The topological polar surface area (TPSA) is 43.1 Å². The molecule has 1 aromatic rings. The van der Waals surface area contributed by atoms with Crippen LogP contribution in [0.2, 0.25) is 0 Å². The fourth-order valence-corrected chi connectivity index (χ4v) is 4.16. The summed E-state index contributed by atoms with van der Waals surface area (Å²) in [4.78, 5) is 0. The van der Waals surface area contributed by atoms with Crippen LogP contribution in [0.25, 0.3) is 0 Å². The van der Waals surface area contributed by atoms with Gasteiger partial charge in [0, 0.05) is 22.6 Å². The van der Waals surface area contributed by atoms with Crippen LogP contribution in [0.4, 0.5) is 0 Å². The first-order valence-electron chi connectivity index (χ1n) is 6.61. The quantitative estimate of drug-likeness (QED) is 0.860. The van der Waals surface area contributed by atoms with Crippen LogP contribution in [0, 0.1) is 11.8 Å². The van der Waals surface area contributed by atoms with Gasteiger partial charge < -0.3 is 5.73 Å². The summed E-state index contributed by atoms with van der Waals surface area (Å²) in [6.07, 6.45) is 0. The average Bonchev–Trinajstić information content (AvgIpc) is 2.28. The number of nitrogens with two attached hydrogens (primary N) is 1. The van der Waals surface area contributed by atoms with E-state index in [1.807, 2.05) is 30.3 Å². The van der Waals surface area contributed by atoms with Crippen molar-refractivity contribution < 1.29 is 4.21 Å². The van der Waals surface area contributed by atoms with Crippen molar-refractivity contribution in [1.82, 2.24) is 0 Å². The van der Waals surface area contributed by atoms with E-state index in [0.717, 1.165) is 11.3 Å². The molecular formula is C15H25NOS. The first-order valence-corrected chi connectivity index (χ1v) is 7.99. The van der Waals surface area contributed by atoms with E-state index in [1.165, 1.54) is 0 Å². The van der Waals surface area contributed by atoms with Crippen molar-refractivity contribution in [2.24, 2.45) is 17.6 Å². The predicted octanol–water partition coefficient (Wildman–Crippen LogP) is 3.12. The molecule has 3 heteroatoms. The Morgan fingerprint density at radius 1 is 1.11 bits per heavy atom. The molecule has 2 N–H and O–H groups in total. The molecule has 1 aromatic carbocycles. The second kappa shape index (κ2) is 7.05. The van der Waals surface area contributed by atoms with Gasteiger partial charge in [0.25, 0.3) is 0 Å². The largest absolute Gasteiger partial charge is 0.323 e. The lowest BCUT2D eigenvalue weighted by Crippen LogP contribution is -2.36. The Bertz CT molecular complexity index is 375. The molecule has 0 amide bonds. The molecule has 0 aliphatic heterocycles. The Hall–Kier alpha value is -0.670. The summed E-state index contributed by atoms with van der Waals surface area (Å²) in [5.41, 5.74) is 7.40. The van der Waals surface area contributed by atoms with Gasteiger partial charge in [0.15, 0.2) is 0 Å². The normalized spacial score (nSPS) is 16.8. The van der Waals surface area contributed by atoms with Crippen LogP contribution in [-0.2, 0) is 10.8 Å². The Labute approximate surface area is 113 Å². The minimum Gasteiger partial charge on any atom is -0.323 e. The second-order valence-corrected chi connectivity index (χ2v) is 7.23. The summed E-state index contributed by atoms with van der Waals surface area (Å²) < 4.78 is 12.4. The first-order chi connectivity index (χ1) is 8.43. The highest BCUT2D eigenvalue weighted by molar-refractivity contribution is 7.85. The monoisotopic (exact) mass is 267 g/mol. The fourth-order valence-electron chi connectivity index (χ4n) is 2.19. The molecule has 0 aliphatic carbocycles. The minimum absolute atomic E-state index is 0.0230. The molecule has 3 unspecified atom stereocenters. The lowest BCUT2D eigenvalue weighted by Gasteiger charge is -2.27. The van der Waals surface area contributed by atoms with E-state index in [-0.39, 0.29) is 11.3 Å². The van der Waals surface area contributed by atoms with Crippen molar-refractivity contribution in [3.8, 4) is 0 Å². The maximum atomic E-state index is 12.4. The van der Waals surface area contributed by atoms with Gasteiger partial charge in [-0.15, -0.1) is 0 Å². The molecule has 0 saturated carbocycles. The summed E-state index contributed by atoms with van der Waals surface area (Å²) in [7, 11) is -0.874. The van der Waals surface area contributed by atoms with Gasteiger partial charge in [0.2, 0.25) is 0 Å². The summed E-state index contributed by atoms with van der Waals surface area (Å²) in [6, 6.07) is 9.84. The molecule has 0 heterocycles. The van der Waals surface area contributed by atoms with E-state index in [4.69, 9.17) is 5.73 Å². The maximum Gasteiger partial charge on any atom is 0.0563 e. The van der Waals surface area contributed by atoms with Gasteiger partial charge in [0.1, 0.15) is 0 Å². The van der Waals surface area contributed by atoms with Crippen molar-refractivity contribution in [3.63, 3.8) is 0 Å². The molecule has 0 saturated heterocycles. The summed E-state index contributed by atoms with van der Waals surface area (Å²) in [5, 5.41) is 0.0230. The van der Waals surface area contributed by atoms with Gasteiger partial charge in [-0.25, -0.2) is 0 Å². The van der Waals surface area contributed by atoms with Crippen molar-refractivity contribution in [2.75, 3.05) is 5.75 Å². The zero-order valence-corrected chi connectivity index (χ0v) is 12.6. The van der Waals surface area contributed by atoms with Gasteiger partial charge in [-0.3, -0.25) is 4.21 Å². The number of hydrogen-bond acceptors (Lipinski definition) is 2. The van der Waals surface area contributed by atoms with Crippen molar-refractivity contribution in [1.29, 1.82) is 0 Å². The van der Waals surface area contributed by atoms with Crippen LogP contribution in [0.1, 0.15) is 39.3 Å². The van der Waals surface area contributed by atoms with Crippen LogP contribution in [0.15, 0.2) is 30.3 Å². The molecule has 0 aromatic heterocycles. The highest BCUT2D eigenvalue weighted by Gasteiger charge is 2.28.